The minimum absolute atomic E-state index is 0.0179. The number of rotatable bonds is 4. The minimum Gasteiger partial charge on any atom is -0.334 e. The maximum absolute atomic E-state index is 13.7. The summed E-state index contributed by atoms with van der Waals surface area (Å²) in [4.78, 5) is 32.7. The van der Waals surface area contributed by atoms with Crippen molar-refractivity contribution in [2.45, 2.75) is 36.1 Å². The van der Waals surface area contributed by atoms with Gasteiger partial charge < -0.3 is 5.32 Å². The molecule has 1 saturated carbocycles. The van der Waals surface area contributed by atoms with E-state index in [0.29, 0.717) is 30.0 Å². The molecule has 0 spiro atoms. The number of halogens is 1. The first kappa shape index (κ1) is 25.5. The molecule has 1 aliphatic heterocycles. The number of benzene rings is 3. The highest BCUT2D eigenvalue weighted by Crippen LogP contribution is 2.45. The van der Waals surface area contributed by atoms with Gasteiger partial charge in [-0.15, -0.1) is 0 Å². The monoisotopic (exact) mass is 559 g/mol. The van der Waals surface area contributed by atoms with Crippen LogP contribution in [0.3, 0.4) is 0 Å². The van der Waals surface area contributed by atoms with Crippen molar-refractivity contribution in [3.05, 3.63) is 89.7 Å². The molecule has 1 N–H and O–H groups in total. The number of carbonyl (C=O) groups excluding carboxylic acids is 2. The van der Waals surface area contributed by atoms with E-state index in [-0.39, 0.29) is 28.7 Å². The number of imide groups is 1. The van der Waals surface area contributed by atoms with Crippen molar-refractivity contribution in [1.29, 1.82) is 0 Å². The number of nitrogens with zero attached hydrogens (tertiary/aromatic N) is 2. The second-order valence-corrected chi connectivity index (χ2v) is 12.6. The Labute approximate surface area is 231 Å². The van der Waals surface area contributed by atoms with E-state index in [2.05, 4.69) is 10.3 Å². The van der Waals surface area contributed by atoms with Crippen LogP contribution in [0.5, 0.6) is 0 Å². The molecule has 0 bridgehead atoms. The van der Waals surface area contributed by atoms with E-state index < -0.39 is 15.9 Å². The van der Waals surface area contributed by atoms with Gasteiger partial charge in [0, 0.05) is 34.3 Å². The van der Waals surface area contributed by atoms with Gasteiger partial charge >= 0.3 is 6.03 Å². The van der Waals surface area contributed by atoms with Crippen molar-refractivity contribution in [3.63, 3.8) is 0 Å². The molecule has 1 aromatic heterocycles. The van der Waals surface area contributed by atoms with Gasteiger partial charge in [-0.1, -0.05) is 60.1 Å². The van der Waals surface area contributed by atoms with Crippen LogP contribution in [0.15, 0.2) is 84.0 Å². The zero-order valence-electron chi connectivity index (χ0n) is 21.2. The molecule has 3 atom stereocenters. The first-order valence-corrected chi connectivity index (χ1v) is 15.1. The lowest BCUT2D eigenvalue weighted by molar-refractivity contribution is -0.124. The molecule has 2 aliphatic rings. The molecule has 2 heterocycles. The molecular formula is C30H26ClN3O4S. The van der Waals surface area contributed by atoms with E-state index >= 15 is 0 Å². The van der Waals surface area contributed by atoms with E-state index in [0.717, 1.165) is 27.5 Å². The van der Waals surface area contributed by atoms with Crippen molar-refractivity contribution < 1.29 is 18.0 Å². The highest BCUT2D eigenvalue weighted by atomic mass is 35.5. The Morgan fingerprint density at radius 1 is 0.974 bits per heavy atom. The van der Waals surface area contributed by atoms with Crippen LogP contribution in [0.4, 0.5) is 10.5 Å². The number of aromatic nitrogens is 1. The Balaban J connectivity index is 1.31. The van der Waals surface area contributed by atoms with Crippen molar-refractivity contribution in [2.75, 3.05) is 11.2 Å². The Bertz CT molecular complexity index is 1730. The zero-order chi connectivity index (χ0) is 27.3. The van der Waals surface area contributed by atoms with Crippen LogP contribution < -0.4 is 10.2 Å². The number of anilines is 1. The van der Waals surface area contributed by atoms with Gasteiger partial charge in [0.15, 0.2) is 9.84 Å². The number of hydrogen-bond acceptors (Lipinski definition) is 5. The third-order valence-corrected chi connectivity index (χ3v) is 9.26. The lowest BCUT2D eigenvalue weighted by atomic mass is 9.72. The summed E-state index contributed by atoms with van der Waals surface area (Å²) in [5.41, 5.74) is 3.00. The van der Waals surface area contributed by atoms with E-state index in [1.165, 1.54) is 11.2 Å². The van der Waals surface area contributed by atoms with E-state index in [1.807, 2.05) is 48.5 Å². The molecule has 7 nitrogen and oxygen atoms in total. The molecule has 6 rings (SSSR count). The summed E-state index contributed by atoms with van der Waals surface area (Å²) in [6.45, 7) is 0. The van der Waals surface area contributed by atoms with E-state index in [1.54, 1.807) is 30.6 Å². The quantitative estimate of drug-likeness (QED) is 0.332. The molecule has 39 heavy (non-hydrogen) atoms. The average Bonchev–Trinajstić information content (AvgIpc) is 2.92. The SMILES string of the molecule is CS(=O)(=O)c1cccc(-c2cccc(Cl)c2C2CCC3C(=O)N(c4cncc5ccccc45)C(=O)NC3C2)c1. The molecule has 1 aliphatic carbocycles. The van der Waals surface area contributed by atoms with Crippen molar-refractivity contribution in [3.8, 4) is 11.1 Å². The van der Waals surface area contributed by atoms with Crippen molar-refractivity contribution >= 4 is 49.8 Å². The Morgan fingerprint density at radius 2 is 1.77 bits per heavy atom. The molecule has 9 heteroatoms. The number of sulfone groups is 1. The fourth-order valence-electron chi connectivity index (χ4n) is 5.98. The first-order chi connectivity index (χ1) is 18.7. The number of urea groups is 1. The van der Waals surface area contributed by atoms with Crippen molar-refractivity contribution in [1.82, 2.24) is 10.3 Å². The largest absolute Gasteiger partial charge is 0.334 e. The van der Waals surface area contributed by atoms with Crippen LogP contribution in [0.25, 0.3) is 21.9 Å². The summed E-state index contributed by atoms with van der Waals surface area (Å²) < 4.78 is 24.4. The standard InChI is InChI=1S/C30H26ClN3O4S/c1-39(37,38)21-8-4-7-18(14-21)23-10-5-11-25(31)28(23)19-12-13-24-26(15-19)33-30(36)34(29(24)35)27-17-32-16-20-6-2-3-9-22(20)27/h2-11,14,16-17,19,24,26H,12-13,15H2,1H3,(H,33,36). The summed E-state index contributed by atoms with van der Waals surface area (Å²) in [5, 5.41) is 5.31. The number of amides is 3. The van der Waals surface area contributed by atoms with Gasteiger partial charge in [0.2, 0.25) is 5.91 Å². The summed E-state index contributed by atoms with van der Waals surface area (Å²) >= 11 is 6.75. The van der Waals surface area contributed by atoms with E-state index in [9.17, 15) is 18.0 Å². The van der Waals surface area contributed by atoms with Gasteiger partial charge in [-0.2, -0.15) is 0 Å². The number of pyridine rings is 1. The van der Waals surface area contributed by atoms with Crippen molar-refractivity contribution in [2.24, 2.45) is 5.92 Å². The van der Waals surface area contributed by atoms with Gasteiger partial charge in [-0.05, 0) is 60.1 Å². The molecule has 3 amide bonds. The molecule has 3 unspecified atom stereocenters. The van der Waals surface area contributed by atoms with Gasteiger partial charge in [0.1, 0.15) is 0 Å². The third kappa shape index (κ3) is 4.57. The number of carbonyl (C=O) groups is 2. The smallest absolute Gasteiger partial charge is 0.329 e. The zero-order valence-corrected chi connectivity index (χ0v) is 22.7. The molecule has 0 radical (unpaired) electrons. The fraction of sp³-hybridized carbons (Fsp3) is 0.233. The lowest BCUT2D eigenvalue weighted by Gasteiger charge is -2.43. The van der Waals surface area contributed by atoms with Gasteiger partial charge in [-0.3, -0.25) is 9.78 Å². The average molecular weight is 560 g/mol. The summed E-state index contributed by atoms with van der Waals surface area (Å²) in [5.74, 6) is -0.603. The van der Waals surface area contributed by atoms with Gasteiger partial charge in [0.05, 0.1) is 22.7 Å². The highest BCUT2D eigenvalue weighted by Gasteiger charge is 2.46. The second-order valence-electron chi connectivity index (χ2n) is 10.2. The van der Waals surface area contributed by atoms with Crippen LogP contribution in [-0.2, 0) is 14.6 Å². The number of fused-ring (bicyclic) bond motifs is 2. The second kappa shape index (κ2) is 9.77. The summed E-state index contributed by atoms with van der Waals surface area (Å²) in [7, 11) is -3.38. The topological polar surface area (TPSA) is 96.4 Å². The van der Waals surface area contributed by atoms with Crippen LogP contribution in [-0.4, -0.2) is 37.6 Å². The number of nitrogens with one attached hydrogen (secondary N) is 1. The minimum atomic E-state index is -3.38. The predicted octanol–water partition coefficient (Wildman–Crippen LogP) is 5.97. The van der Waals surface area contributed by atoms with Crippen LogP contribution in [0.2, 0.25) is 5.02 Å². The Hall–Kier alpha value is -3.75. The van der Waals surface area contributed by atoms with Crippen LogP contribution in [0, 0.1) is 5.92 Å². The molecule has 2 fully saturated rings. The normalized spacial score (nSPS) is 21.5. The Morgan fingerprint density at radius 3 is 2.59 bits per heavy atom. The van der Waals surface area contributed by atoms with Crippen LogP contribution in [0.1, 0.15) is 30.7 Å². The summed E-state index contributed by atoms with van der Waals surface area (Å²) in [6, 6.07) is 19.2. The van der Waals surface area contributed by atoms with Crippen LogP contribution >= 0.6 is 11.6 Å². The maximum atomic E-state index is 13.7. The fourth-order valence-corrected chi connectivity index (χ4v) is 6.98. The van der Waals surface area contributed by atoms with E-state index in [4.69, 9.17) is 11.6 Å². The molecular weight excluding hydrogens is 534 g/mol. The molecule has 1 saturated heterocycles. The highest BCUT2D eigenvalue weighted by molar-refractivity contribution is 7.90. The summed E-state index contributed by atoms with van der Waals surface area (Å²) in [6.07, 6.45) is 6.29. The van der Waals surface area contributed by atoms with Gasteiger partial charge in [0.25, 0.3) is 0 Å². The molecule has 4 aromatic rings. The predicted molar refractivity (Wildman–Crippen MR) is 152 cm³/mol. The number of hydrogen-bond donors (Lipinski definition) is 1. The molecule has 198 valence electrons. The third-order valence-electron chi connectivity index (χ3n) is 7.82. The maximum Gasteiger partial charge on any atom is 0.329 e. The molecule has 3 aromatic carbocycles. The van der Waals surface area contributed by atoms with Gasteiger partial charge in [-0.25, -0.2) is 18.1 Å². The first-order valence-electron chi connectivity index (χ1n) is 12.8. The Kier molecular flexibility index (Phi) is 6.40. The lowest BCUT2D eigenvalue weighted by Crippen LogP contribution is -2.61.